The van der Waals surface area contributed by atoms with E-state index in [1.807, 2.05) is 25.1 Å². The number of hydrogen-bond acceptors (Lipinski definition) is 5. The van der Waals surface area contributed by atoms with Gasteiger partial charge in [0.05, 0.1) is 12.9 Å². The summed E-state index contributed by atoms with van der Waals surface area (Å²) in [6, 6.07) is 8.96. The van der Waals surface area contributed by atoms with E-state index < -0.39 is 9.84 Å². The Morgan fingerprint density at radius 3 is 2.48 bits per heavy atom. The smallest absolute Gasteiger partial charge is 0.251 e. The van der Waals surface area contributed by atoms with E-state index in [0.29, 0.717) is 11.4 Å². The summed E-state index contributed by atoms with van der Waals surface area (Å²) in [6.45, 7) is 3.67. The van der Waals surface area contributed by atoms with Crippen molar-refractivity contribution in [1.29, 1.82) is 0 Å². The minimum absolute atomic E-state index is 0.0516. The number of aromatic nitrogens is 1. The number of carbonyl (C=O) groups excluding carboxylic acids is 1. The highest BCUT2D eigenvalue weighted by molar-refractivity contribution is 7.91. The second-order valence-corrected chi connectivity index (χ2v) is 8.08. The molecule has 1 aromatic heterocycles. The predicted octanol–water partition coefficient (Wildman–Crippen LogP) is 2.23. The first-order valence-corrected chi connectivity index (χ1v) is 9.78. The fourth-order valence-electron chi connectivity index (χ4n) is 2.31. The van der Waals surface area contributed by atoms with Gasteiger partial charge in [-0.3, -0.25) is 4.79 Å². The molecule has 1 N–H and O–H groups in total. The molecule has 0 unspecified atom stereocenters. The van der Waals surface area contributed by atoms with Crippen molar-refractivity contribution in [3.63, 3.8) is 0 Å². The first-order valence-electron chi connectivity index (χ1n) is 7.96. The molecule has 1 aromatic carbocycles. The zero-order valence-corrected chi connectivity index (χ0v) is 15.4. The molecule has 0 spiro atoms. The van der Waals surface area contributed by atoms with Crippen LogP contribution in [0.5, 0.6) is 5.88 Å². The van der Waals surface area contributed by atoms with Gasteiger partial charge in [-0.1, -0.05) is 19.1 Å². The van der Waals surface area contributed by atoms with Gasteiger partial charge in [0, 0.05) is 35.7 Å². The van der Waals surface area contributed by atoms with Gasteiger partial charge < -0.3 is 10.1 Å². The summed E-state index contributed by atoms with van der Waals surface area (Å²) < 4.78 is 28.0. The highest BCUT2D eigenvalue weighted by atomic mass is 32.2. The van der Waals surface area contributed by atoms with Gasteiger partial charge in [0.1, 0.15) is 0 Å². The molecule has 6 nitrogen and oxygen atoms in total. The van der Waals surface area contributed by atoms with Gasteiger partial charge in [-0.2, -0.15) is 0 Å². The molecular weight excluding hydrogens is 340 g/mol. The maximum atomic E-state index is 12.1. The lowest BCUT2D eigenvalue weighted by Crippen LogP contribution is -2.29. The maximum absolute atomic E-state index is 12.1. The van der Waals surface area contributed by atoms with Crippen LogP contribution in [0, 0.1) is 6.92 Å². The number of pyridine rings is 1. The van der Waals surface area contributed by atoms with Gasteiger partial charge in [-0.15, -0.1) is 0 Å². The third-order valence-corrected chi connectivity index (χ3v) is 5.60. The number of nitrogens with one attached hydrogen (secondary N) is 1. The Bertz CT molecular complexity index is 846. The first-order chi connectivity index (χ1) is 11.9. The standard InChI is InChI=1S/C18H22N2O4S/c1-4-25(22,23)10-9-19-18(21)15-7-5-14(6-8-15)16-12-20-17(24-3)11-13(16)2/h5-8,11-12H,4,9-10H2,1-3H3,(H,19,21). The van der Waals surface area contributed by atoms with Crippen LogP contribution in [0.25, 0.3) is 11.1 Å². The fraction of sp³-hybridized carbons (Fsp3) is 0.333. The van der Waals surface area contributed by atoms with E-state index in [1.54, 1.807) is 32.4 Å². The van der Waals surface area contributed by atoms with Crippen LogP contribution in [0.15, 0.2) is 36.5 Å². The van der Waals surface area contributed by atoms with E-state index in [9.17, 15) is 13.2 Å². The molecule has 134 valence electrons. The van der Waals surface area contributed by atoms with E-state index in [2.05, 4.69) is 10.3 Å². The number of amides is 1. The van der Waals surface area contributed by atoms with E-state index in [4.69, 9.17) is 4.74 Å². The fourth-order valence-corrected chi connectivity index (χ4v) is 3.01. The number of methoxy groups -OCH3 is 1. The number of sulfone groups is 1. The summed E-state index contributed by atoms with van der Waals surface area (Å²) in [5.74, 6) is 0.290. The Morgan fingerprint density at radius 2 is 1.92 bits per heavy atom. The molecule has 2 aromatic rings. The average Bonchev–Trinajstić information content (AvgIpc) is 2.61. The Morgan fingerprint density at radius 1 is 1.24 bits per heavy atom. The number of aryl methyl sites for hydroxylation is 1. The normalized spacial score (nSPS) is 11.2. The molecule has 2 rings (SSSR count). The van der Waals surface area contributed by atoms with Crippen LogP contribution >= 0.6 is 0 Å². The summed E-state index contributed by atoms with van der Waals surface area (Å²) >= 11 is 0. The number of ether oxygens (including phenoxy) is 1. The third kappa shape index (κ3) is 5.03. The van der Waals surface area contributed by atoms with Crippen molar-refractivity contribution in [2.24, 2.45) is 0 Å². The summed E-state index contributed by atoms with van der Waals surface area (Å²) in [5, 5.41) is 2.63. The minimum atomic E-state index is -3.08. The van der Waals surface area contributed by atoms with Crippen molar-refractivity contribution in [2.75, 3.05) is 25.2 Å². The molecule has 0 atom stereocenters. The molecule has 25 heavy (non-hydrogen) atoms. The molecule has 0 saturated heterocycles. The van der Waals surface area contributed by atoms with Gasteiger partial charge in [-0.25, -0.2) is 13.4 Å². The van der Waals surface area contributed by atoms with Crippen LogP contribution in [0.4, 0.5) is 0 Å². The maximum Gasteiger partial charge on any atom is 0.251 e. The molecule has 0 saturated carbocycles. The predicted molar refractivity (Wildman–Crippen MR) is 97.6 cm³/mol. The number of benzene rings is 1. The van der Waals surface area contributed by atoms with Gasteiger partial charge in [0.15, 0.2) is 9.84 Å². The van der Waals surface area contributed by atoms with E-state index in [-0.39, 0.29) is 24.0 Å². The largest absolute Gasteiger partial charge is 0.481 e. The molecule has 0 fully saturated rings. The minimum Gasteiger partial charge on any atom is -0.481 e. The quantitative estimate of drug-likeness (QED) is 0.816. The van der Waals surface area contributed by atoms with Crippen LogP contribution in [0.3, 0.4) is 0 Å². The number of carbonyl (C=O) groups is 1. The Labute approximate surface area is 148 Å². The van der Waals surface area contributed by atoms with Crippen LogP contribution in [0.1, 0.15) is 22.8 Å². The summed E-state index contributed by atoms with van der Waals surface area (Å²) in [4.78, 5) is 16.3. The van der Waals surface area contributed by atoms with Crippen molar-refractivity contribution in [2.45, 2.75) is 13.8 Å². The lowest BCUT2D eigenvalue weighted by atomic mass is 10.0. The molecule has 0 aliphatic carbocycles. The number of hydrogen-bond donors (Lipinski definition) is 1. The van der Waals surface area contributed by atoms with Gasteiger partial charge in [0.25, 0.3) is 5.91 Å². The molecule has 1 amide bonds. The monoisotopic (exact) mass is 362 g/mol. The number of rotatable bonds is 7. The van der Waals surface area contributed by atoms with Crippen molar-refractivity contribution in [1.82, 2.24) is 10.3 Å². The van der Waals surface area contributed by atoms with Crippen LogP contribution in [0.2, 0.25) is 0 Å². The van der Waals surface area contributed by atoms with Crippen LogP contribution < -0.4 is 10.1 Å². The second kappa shape index (κ2) is 8.11. The van der Waals surface area contributed by atoms with Gasteiger partial charge in [0.2, 0.25) is 5.88 Å². The molecule has 0 aliphatic heterocycles. The number of nitrogens with zero attached hydrogens (tertiary/aromatic N) is 1. The van der Waals surface area contributed by atoms with Crippen molar-refractivity contribution in [3.8, 4) is 17.0 Å². The summed E-state index contributed by atoms with van der Waals surface area (Å²) in [7, 11) is -1.51. The highest BCUT2D eigenvalue weighted by Crippen LogP contribution is 2.25. The lowest BCUT2D eigenvalue weighted by molar-refractivity contribution is 0.0956. The van der Waals surface area contributed by atoms with E-state index >= 15 is 0 Å². The topological polar surface area (TPSA) is 85.4 Å². The SMILES string of the molecule is CCS(=O)(=O)CCNC(=O)c1ccc(-c2cnc(OC)cc2C)cc1. The summed E-state index contributed by atoms with van der Waals surface area (Å²) in [6.07, 6.45) is 1.73. The first kappa shape index (κ1) is 18.9. The van der Waals surface area contributed by atoms with Crippen molar-refractivity contribution >= 4 is 15.7 Å². The Kier molecular flexibility index (Phi) is 6.14. The van der Waals surface area contributed by atoms with Crippen molar-refractivity contribution in [3.05, 3.63) is 47.7 Å². The highest BCUT2D eigenvalue weighted by Gasteiger charge is 2.11. The zero-order chi connectivity index (χ0) is 18.4. The summed E-state index contributed by atoms with van der Waals surface area (Å²) in [5.41, 5.74) is 3.41. The molecule has 0 radical (unpaired) electrons. The average molecular weight is 362 g/mol. The van der Waals surface area contributed by atoms with Gasteiger partial charge in [-0.05, 0) is 30.2 Å². The molecule has 1 heterocycles. The molecular formula is C18H22N2O4S. The molecule has 0 bridgehead atoms. The van der Waals surface area contributed by atoms with Crippen molar-refractivity contribution < 1.29 is 17.9 Å². The van der Waals surface area contributed by atoms with E-state index in [0.717, 1.165) is 16.7 Å². The molecule has 7 heteroatoms. The lowest BCUT2D eigenvalue weighted by Gasteiger charge is -2.09. The Balaban J connectivity index is 2.05. The zero-order valence-electron chi connectivity index (χ0n) is 14.6. The Hall–Kier alpha value is -2.41. The molecule has 0 aliphatic rings. The third-order valence-electron chi connectivity index (χ3n) is 3.89. The van der Waals surface area contributed by atoms with Crippen LogP contribution in [-0.4, -0.2) is 44.5 Å². The van der Waals surface area contributed by atoms with E-state index in [1.165, 1.54) is 0 Å². The van der Waals surface area contributed by atoms with Crippen LogP contribution in [-0.2, 0) is 9.84 Å². The van der Waals surface area contributed by atoms with Gasteiger partial charge >= 0.3 is 0 Å². The second-order valence-electron chi connectivity index (χ2n) is 5.61.